The van der Waals surface area contributed by atoms with Crippen molar-refractivity contribution in [1.82, 2.24) is 5.32 Å². The van der Waals surface area contributed by atoms with Crippen LogP contribution in [0.3, 0.4) is 0 Å². The summed E-state index contributed by atoms with van der Waals surface area (Å²) in [5.41, 5.74) is 0. The van der Waals surface area contributed by atoms with Crippen LogP contribution < -0.4 is 5.32 Å². The SMILES string of the molecule is C1COCCN1.O=S(=O)(O)CCCO.[NaH]. The Balaban J connectivity index is 0. The van der Waals surface area contributed by atoms with Crippen molar-refractivity contribution in [3.63, 3.8) is 0 Å². The van der Waals surface area contributed by atoms with Gasteiger partial charge in [-0.25, -0.2) is 0 Å². The maximum atomic E-state index is 9.83. The molecular weight excluding hydrogens is 233 g/mol. The van der Waals surface area contributed by atoms with Crippen LogP contribution in [0.1, 0.15) is 6.42 Å². The van der Waals surface area contributed by atoms with Crippen molar-refractivity contribution in [2.24, 2.45) is 0 Å². The van der Waals surface area contributed by atoms with Crippen molar-refractivity contribution in [3.8, 4) is 0 Å². The zero-order chi connectivity index (χ0) is 10.9. The number of ether oxygens (including phenoxy) is 1. The summed E-state index contributed by atoms with van der Waals surface area (Å²) in [7, 11) is -3.85. The number of aliphatic hydroxyl groups excluding tert-OH is 1. The normalized spacial score (nSPS) is 15.9. The van der Waals surface area contributed by atoms with Crippen LogP contribution >= 0.6 is 0 Å². The number of morpholine rings is 1. The summed E-state index contributed by atoms with van der Waals surface area (Å²) in [4.78, 5) is 0. The molecule has 0 saturated carbocycles. The minimum absolute atomic E-state index is 0. The molecule has 8 heteroatoms. The van der Waals surface area contributed by atoms with Gasteiger partial charge in [0.05, 0.1) is 19.0 Å². The zero-order valence-electron chi connectivity index (χ0n) is 7.98. The van der Waals surface area contributed by atoms with E-state index in [2.05, 4.69) is 5.32 Å². The van der Waals surface area contributed by atoms with Crippen LogP contribution in [0.25, 0.3) is 0 Å². The average Bonchev–Trinajstić information content (AvgIpc) is 2.17. The molecular formula is C7H18NNaO5S. The van der Waals surface area contributed by atoms with E-state index in [-0.39, 0.29) is 48.3 Å². The Morgan fingerprint density at radius 2 is 1.80 bits per heavy atom. The molecule has 15 heavy (non-hydrogen) atoms. The van der Waals surface area contributed by atoms with Gasteiger partial charge in [-0.15, -0.1) is 0 Å². The van der Waals surface area contributed by atoms with Crippen LogP contribution in [-0.2, 0) is 14.9 Å². The Bertz CT molecular complexity index is 206. The summed E-state index contributed by atoms with van der Waals surface area (Å²) in [5.74, 6) is -0.358. The molecule has 0 bridgehead atoms. The Kier molecular flexibility index (Phi) is 13.7. The summed E-state index contributed by atoms with van der Waals surface area (Å²) in [5, 5.41) is 11.2. The molecule has 88 valence electrons. The first kappa shape index (κ1) is 18.2. The van der Waals surface area contributed by atoms with Crippen molar-refractivity contribution in [2.45, 2.75) is 6.42 Å². The average molecular weight is 251 g/mol. The van der Waals surface area contributed by atoms with Gasteiger partial charge in [0.15, 0.2) is 0 Å². The Morgan fingerprint density at radius 1 is 1.27 bits per heavy atom. The van der Waals surface area contributed by atoms with E-state index in [9.17, 15) is 8.42 Å². The minimum atomic E-state index is -3.85. The summed E-state index contributed by atoms with van der Waals surface area (Å²) < 4.78 is 32.7. The number of hydrogen-bond acceptors (Lipinski definition) is 5. The molecule has 0 aromatic carbocycles. The first-order valence-electron chi connectivity index (χ1n) is 4.41. The fourth-order valence-corrected chi connectivity index (χ4v) is 1.26. The third-order valence-electron chi connectivity index (χ3n) is 1.41. The molecule has 1 fully saturated rings. The molecule has 3 N–H and O–H groups in total. The second kappa shape index (κ2) is 11.3. The monoisotopic (exact) mass is 251 g/mol. The fraction of sp³-hybridized carbons (Fsp3) is 1.00. The third kappa shape index (κ3) is 17.4. The van der Waals surface area contributed by atoms with Crippen molar-refractivity contribution in [3.05, 3.63) is 0 Å². The second-order valence-electron chi connectivity index (χ2n) is 2.73. The molecule has 0 aliphatic carbocycles. The molecule has 0 aromatic rings. The quantitative estimate of drug-likeness (QED) is 0.405. The molecule has 1 heterocycles. The van der Waals surface area contributed by atoms with Crippen LogP contribution in [0, 0.1) is 0 Å². The van der Waals surface area contributed by atoms with Gasteiger partial charge >= 0.3 is 29.6 Å². The zero-order valence-corrected chi connectivity index (χ0v) is 8.79. The van der Waals surface area contributed by atoms with Gasteiger partial charge in [0.1, 0.15) is 0 Å². The molecule has 0 spiro atoms. The summed E-state index contributed by atoms with van der Waals surface area (Å²) in [6, 6.07) is 0. The second-order valence-corrected chi connectivity index (χ2v) is 4.30. The number of hydrogen-bond donors (Lipinski definition) is 3. The van der Waals surface area contributed by atoms with Crippen LogP contribution in [0.4, 0.5) is 0 Å². The first-order valence-corrected chi connectivity index (χ1v) is 6.01. The van der Waals surface area contributed by atoms with E-state index in [1.54, 1.807) is 0 Å². The molecule has 6 nitrogen and oxygen atoms in total. The van der Waals surface area contributed by atoms with E-state index in [1.807, 2.05) is 0 Å². The fourth-order valence-electron chi connectivity index (χ4n) is 0.763. The molecule has 0 atom stereocenters. The van der Waals surface area contributed by atoms with Crippen molar-refractivity contribution >= 4 is 39.7 Å². The number of rotatable bonds is 3. The third-order valence-corrected chi connectivity index (χ3v) is 2.21. The topological polar surface area (TPSA) is 95.9 Å². The summed E-state index contributed by atoms with van der Waals surface area (Å²) in [6.07, 6.45) is 0.0961. The van der Waals surface area contributed by atoms with Gasteiger partial charge in [0.2, 0.25) is 0 Å². The van der Waals surface area contributed by atoms with E-state index >= 15 is 0 Å². The number of aliphatic hydroxyl groups is 1. The van der Waals surface area contributed by atoms with Crippen molar-refractivity contribution in [2.75, 3.05) is 38.7 Å². The van der Waals surface area contributed by atoms with Crippen LogP contribution in [0.15, 0.2) is 0 Å². The maximum absolute atomic E-state index is 9.83. The molecule has 1 aliphatic rings. The van der Waals surface area contributed by atoms with Gasteiger partial charge in [-0.3, -0.25) is 4.55 Å². The first-order chi connectivity index (χ1) is 6.56. The van der Waals surface area contributed by atoms with E-state index in [0.29, 0.717) is 0 Å². The summed E-state index contributed by atoms with van der Waals surface area (Å²) >= 11 is 0. The van der Waals surface area contributed by atoms with Crippen LogP contribution in [0.5, 0.6) is 0 Å². The Labute approximate surface area is 112 Å². The van der Waals surface area contributed by atoms with E-state index in [4.69, 9.17) is 14.4 Å². The molecule has 1 rings (SSSR count). The standard InChI is InChI=1S/C4H9NO.C3H8O4S.Na.H/c1-3-6-4-2-5-1;4-2-1-3-8(5,6)7;;/h5H,1-4H2;4H,1-3H2,(H,5,6,7);;. The molecule has 0 radical (unpaired) electrons. The molecule has 1 aliphatic heterocycles. The van der Waals surface area contributed by atoms with Crippen molar-refractivity contribution in [1.29, 1.82) is 0 Å². The number of nitrogens with one attached hydrogen (secondary N) is 1. The van der Waals surface area contributed by atoms with Gasteiger partial charge in [0.25, 0.3) is 10.1 Å². The van der Waals surface area contributed by atoms with Crippen LogP contribution in [-0.4, -0.2) is 86.3 Å². The van der Waals surface area contributed by atoms with E-state index < -0.39 is 10.1 Å². The predicted molar refractivity (Wildman–Crippen MR) is 59.0 cm³/mol. The Hall–Kier alpha value is 0.790. The van der Waals surface area contributed by atoms with Gasteiger partial charge in [0, 0.05) is 19.7 Å². The van der Waals surface area contributed by atoms with E-state index in [1.165, 1.54) is 0 Å². The molecule has 1 saturated heterocycles. The van der Waals surface area contributed by atoms with Gasteiger partial charge in [-0.1, -0.05) is 0 Å². The van der Waals surface area contributed by atoms with Crippen LogP contribution in [0.2, 0.25) is 0 Å². The molecule has 0 amide bonds. The molecule has 0 unspecified atom stereocenters. The van der Waals surface area contributed by atoms with Gasteiger partial charge in [-0.05, 0) is 6.42 Å². The van der Waals surface area contributed by atoms with Crippen molar-refractivity contribution < 1.29 is 22.8 Å². The Morgan fingerprint density at radius 3 is 1.93 bits per heavy atom. The van der Waals surface area contributed by atoms with E-state index in [0.717, 1.165) is 26.3 Å². The van der Waals surface area contributed by atoms with Gasteiger partial charge in [-0.2, -0.15) is 8.42 Å². The molecule has 0 aromatic heterocycles. The van der Waals surface area contributed by atoms with Gasteiger partial charge < -0.3 is 15.2 Å². The predicted octanol–water partition coefficient (Wildman–Crippen LogP) is -1.79. The summed E-state index contributed by atoms with van der Waals surface area (Å²) in [6.45, 7) is 3.62.